The third-order valence-electron chi connectivity index (χ3n) is 2.14. The number of guanidine groups is 1. The van der Waals surface area contributed by atoms with Gasteiger partial charge in [0.25, 0.3) is 0 Å². The van der Waals surface area contributed by atoms with Crippen LogP contribution in [0.15, 0.2) is 10.1 Å². The minimum atomic E-state index is -0.0749. The van der Waals surface area contributed by atoms with Crippen LogP contribution in [0.25, 0.3) is 0 Å². The quantitative estimate of drug-likeness (QED) is 0.557. The summed E-state index contributed by atoms with van der Waals surface area (Å²) in [6.07, 6.45) is 4.57. The van der Waals surface area contributed by atoms with Crippen LogP contribution in [-0.2, 0) is 4.79 Å². The van der Waals surface area contributed by atoms with Gasteiger partial charge in [0.2, 0.25) is 11.9 Å². The van der Waals surface area contributed by atoms with Gasteiger partial charge in [-0.1, -0.05) is 0 Å². The molecule has 0 spiro atoms. The van der Waals surface area contributed by atoms with Crippen molar-refractivity contribution in [1.82, 2.24) is 10.7 Å². The number of rotatable bonds is 1. The van der Waals surface area contributed by atoms with Gasteiger partial charge in [-0.25, -0.2) is 10.4 Å². The predicted octanol–water partition coefficient (Wildman–Crippen LogP) is -0.00820. The van der Waals surface area contributed by atoms with E-state index in [9.17, 15) is 4.79 Å². The van der Waals surface area contributed by atoms with E-state index in [1.807, 2.05) is 0 Å². The molecule has 5 heteroatoms. The maximum Gasteiger partial charge on any atom is 0.248 e. The van der Waals surface area contributed by atoms with Gasteiger partial charge >= 0.3 is 0 Å². The zero-order valence-corrected chi connectivity index (χ0v) is 7.34. The number of nitrogens with one attached hydrogen (secondary N) is 2. The van der Waals surface area contributed by atoms with Crippen LogP contribution in [0, 0.1) is 0 Å². The smallest absolute Gasteiger partial charge is 0.248 e. The molecule has 13 heavy (non-hydrogen) atoms. The molecule has 0 unspecified atom stereocenters. The lowest BCUT2D eigenvalue weighted by Crippen LogP contribution is -2.33. The van der Waals surface area contributed by atoms with Crippen LogP contribution in [0.3, 0.4) is 0 Å². The van der Waals surface area contributed by atoms with Gasteiger partial charge in [-0.05, 0) is 25.7 Å². The molecule has 0 aromatic carbocycles. The van der Waals surface area contributed by atoms with Crippen LogP contribution in [0.5, 0.6) is 0 Å². The van der Waals surface area contributed by atoms with E-state index in [1.54, 1.807) is 0 Å². The van der Waals surface area contributed by atoms with Crippen molar-refractivity contribution in [2.24, 2.45) is 10.1 Å². The Morgan fingerprint density at radius 3 is 2.77 bits per heavy atom. The Bertz CT molecular complexity index is 274. The van der Waals surface area contributed by atoms with E-state index in [4.69, 9.17) is 0 Å². The van der Waals surface area contributed by atoms with Crippen LogP contribution in [0.4, 0.5) is 0 Å². The highest BCUT2D eigenvalue weighted by atomic mass is 16.2. The summed E-state index contributed by atoms with van der Waals surface area (Å²) >= 11 is 0. The van der Waals surface area contributed by atoms with Crippen molar-refractivity contribution < 1.29 is 4.79 Å². The Balaban J connectivity index is 1.85. The first kappa shape index (κ1) is 8.22. The molecule has 1 aliphatic heterocycles. The molecule has 70 valence electrons. The largest absolute Gasteiger partial charge is 0.294 e. The molecule has 1 heterocycles. The molecule has 2 N–H and O–H groups in total. The number of carbonyl (C=O) groups excluding carboxylic acids is 1. The van der Waals surface area contributed by atoms with Gasteiger partial charge in [0.05, 0.1) is 0 Å². The zero-order valence-electron chi connectivity index (χ0n) is 7.34. The number of amides is 1. The predicted molar refractivity (Wildman–Crippen MR) is 49.5 cm³/mol. The summed E-state index contributed by atoms with van der Waals surface area (Å²) in [5, 5.41) is 6.73. The monoisotopic (exact) mass is 180 g/mol. The molecule has 0 saturated heterocycles. The fraction of sp³-hybridized carbons (Fsp3) is 0.625. The molecule has 1 fully saturated rings. The van der Waals surface area contributed by atoms with Crippen LogP contribution in [-0.4, -0.2) is 24.1 Å². The first-order chi connectivity index (χ1) is 6.34. The van der Waals surface area contributed by atoms with Gasteiger partial charge < -0.3 is 0 Å². The maximum atomic E-state index is 10.7. The lowest BCUT2D eigenvalue weighted by atomic mass is 10.3. The van der Waals surface area contributed by atoms with Gasteiger partial charge in [0.15, 0.2) is 0 Å². The van der Waals surface area contributed by atoms with Crippen molar-refractivity contribution in [3.05, 3.63) is 0 Å². The normalized spacial score (nSPS) is 21.4. The summed E-state index contributed by atoms with van der Waals surface area (Å²) in [6.45, 7) is 0.215. The summed E-state index contributed by atoms with van der Waals surface area (Å²) < 4.78 is 0. The Morgan fingerprint density at radius 1 is 1.38 bits per heavy atom. The summed E-state index contributed by atoms with van der Waals surface area (Å²) in [5.41, 5.74) is 3.93. The van der Waals surface area contributed by atoms with Gasteiger partial charge in [-0.3, -0.25) is 10.1 Å². The van der Waals surface area contributed by atoms with E-state index in [0.29, 0.717) is 5.96 Å². The summed E-state index contributed by atoms with van der Waals surface area (Å²) in [6, 6.07) is 0. The van der Waals surface area contributed by atoms with E-state index in [-0.39, 0.29) is 12.5 Å². The van der Waals surface area contributed by atoms with E-state index in [2.05, 4.69) is 20.8 Å². The van der Waals surface area contributed by atoms with Gasteiger partial charge in [0.1, 0.15) is 6.54 Å². The second kappa shape index (κ2) is 3.55. The minimum absolute atomic E-state index is 0.0749. The van der Waals surface area contributed by atoms with Crippen LogP contribution in [0.1, 0.15) is 25.7 Å². The van der Waals surface area contributed by atoms with Gasteiger partial charge in [0, 0.05) is 5.71 Å². The second-order valence-corrected chi connectivity index (χ2v) is 3.21. The molecule has 0 bridgehead atoms. The Hall–Kier alpha value is -1.39. The Kier molecular flexibility index (Phi) is 2.25. The average Bonchev–Trinajstić information content (AvgIpc) is 2.71. The number of aliphatic imine (C=N–C) groups is 1. The van der Waals surface area contributed by atoms with E-state index < -0.39 is 0 Å². The molecule has 2 rings (SSSR count). The summed E-state index contributed by atoms with van der Waals surface area (Å²) in [5.74, 6) is 0.401. The van der Waals surface area contributed by atoms with Crippen molar-refractivity contribution >= 4 is 17.6 Å². The molecule has 0 radical (unpaired) electrons. The molecule has 5 nitrogen and oxygen atoms in total. The molecular formula is C8H12N4O. The fourth-order valence-corrected chi connectivity index (χ4v) is 1.45. The molecule has 1 saturated carbocycles. The number of hydrogen-bond acceptors (Lipinski definition) is 4. The number of hydrogen-bond donors (Lipinski definition) is 2. The van der Waals surface area contributed by atoms with Crippen molar-refractivity contribution in [1.29, 1.82) is 0 Å². The van der Waals surface area contributed by atoms with Crippen molar-refractivity contribution in [3.8, 4) is 0 Å². The SMILES string of the molecule is O=C1CN=C(NN=C2CCCC2)N1. The molecule has 1 aliphatic carbocycles. The molecule has 1 amide bonds. The van der Waals surface area contributed by atoms with Crippen LogP contribution in [0.2, 0.25) is 0 Å². The highest BCUT2D eigenvalue weighted by molar-refractivity contribution is 6.03. The Labute approximate surface area is 76.3 Å². The van der Waals surface area contributed by atoms with Gasteiger partial charge in [-0.15, -0.1) is 0 Å². The first-order valence-corrected chi connectivity index (χ1v) is 4.50. The maximum absolute atomic E-state index is 10.7. The van der Waals surface area contributed by atoms with Gasteiger partial charge in [-0.2, -0.15) is 5.10 Å². The first-order valence-electron chi connectivity index (χ1n) is 4.50. The van der Waals surface area contributed by atoms with Crippen LogP contribution < -0.4 is 10.7 Å². The Morgan fingerprint density at radius 2 is 2.15 bits per heavy atom. The van der Waals surface area contributed by atoms with Crippen molar-refractivity contribution in [2.45, 2.75) is 25.7 Å². The van der Waals surface area contributed by atoms with Crippen molar-refractivity contribution in [2.75, 3.05) is 6.54 Å². The standard InChI is InChI=1S/C8H12N4O/c13-7-5-9-8(10-7)12-11-6-3-1-2-4-6/h1-5H2,(H2,9,10,12,13). The number of nitrogens with zero attached hydrogens (tertiary/aromatic N) is 2. The van der Waals surface area contributed by atoms with E-state index in [0.717, 1.165) is 12.8 Å². The topological polar surface area (TPSA) is 65.8 Å². The van der Waals surface area contributed by atoms with Crippen molar-refractivity contribution in [3.63, 3.8) is 0 Å². The zero-order chi connectivity index (χ0) is 9.10. The lowest BCUT2D eigenvalue weighted by Gasteiger charge is -2.00. The highest BCUT2D eigenvalue weighted by Gasteiger charge is 2.13. The third kappa shape index (κ3) is 2.05. The second-order valence-electron chi connectivity index (χ2n) is 3.21. The number of carbonyl (C=O) groups is 1. The summed E-state index contributed by atoms with van der Waals surface area (Å²) in [4.78, 5) is 14.7. The summed E-state index contributed by atoms with van der Waals surface area (Å²) in [7, 11) is 0. The molecule has 0 aromatic rings. The fourth-order valence-electron chi connectivity index (χ4n) is 1.45. The lowest BCUT2D eigenvalue weighted by molar-refractivity contribution is -0.117. The molecule has 2 aliphatic rings. The van der Waals surface area contributed by atoms with E-state index >= 15 is 0 Å². The minimum Gasteiger partial charge on any atom is -0.294 e. The molecular weight excluding hydrogens is 168 g/mol. The van der Waals surface area contributed by atoms with Crippen LogP contribution >= 0.6 is 0 Å². The average molecular weight is 180 g/mol. The number of hydrazone groups is 1. The molecule has 0 aromatic heterocycles. The van der Waals surface area contributed by atoms with E-state index in [1.165, 1.54) is 18.6 Å². The highest BCUT2D eigenvalue weighted by Crippen LogP contribution is 2.13. The third-order valence-corrected chi connectivity index (χ3v) is 2.14. The molecule has 0 atom stereocenters.